The molecule has 0 fully saturated rings. The van der Waals surface area contributed by atoms with Gasteiger partial charge in [-0.1, -0.05) is 109 Å². The Kier molecular flexibility index (Phi) is 6.27. The minimum atomic E-state index is -0.424. The maximum absolute atomic E-state index is 15.2. The van der Waals surface area contributed by atoms with Gasteiger partial charge in [-0.2, -0.15) is 0 Å². The Labute approximate surface area is 287 Å². The standard InChI is InChI=1S/C46H28F2N2/c47-39-13-5-8-16-42(39)49(43-17-9-6-14-40(43)48)33-23-18-29(19-24-33)34-25-20-30-21-27-37-45-31(22-26-36(34)44(30)45)28-38-35-12-4-7-15-41(35)50(46(37)38)32-10-2-1-3-11-32/h1-28H. The molecule has 0 spiro atoms. The molecule has 10 rings (SSSR count). The summed E-state index contributed by atoms with van der Waals surface area (Å²) in [5.74, 6) is -0.848. The lowest BCUT2D eigenvalue weighted by Crippen LogP contribution is -2.13. The average molecular weight is 647 g/mol. The molecule has 0 aliphatic carbocycles. The summed E-state index contributed by atoms with van der Waals surface area (Å²) in [5.41, 5.74) is 6.88. The van der Waals surface area contributed by atoms with Crippen molar-refractivity contribution in [1.29, 1.82) is 0 Å². The number of benzene rings is 9. The number of halogens is 2. The normalized spacial score (nSPS) is 11.8. The van der Waals surface area contributed by atoms with E-state index in [0.29, 0.717) is 5.69 Å². The number of hydrogen-bond donors (Lipinski definition) is 0. The van der Waals surface area contributed by atoms with Crippen molar-refractivity contribution >= 4 is 71.2 Å². The molecule has 4 heteroatoms. The molecule has 0 N–H and O–H groups in total. The first-order valence-corrected chi connectivity index (χ1v) is 16.7. The smallest absolute Gasteiger partial charge is 0.147 e. The van der Waals surface area contributed by atoms with E-state index in [1.165, 1.54) is 60.9 Å². The highest BCUT2D eigenvalue weighted by atomic mass is 19.1. The number of para-hydroxylation sites is 4. The molecule has 0 bridgehead atoms. The summed E-state index contributed by atoms with van der Waals surface area (Å²) in [6.07, 6.45) is 0. The maximum Gasteiger partial charge on any atom is 0.147 e. The fourth-order valence-corrected chi connectivity index (χ4v) is 7.89. The van der Waals surface area contributed by atoms with Crippen molar-refractivity contribution < 1.29 is 8.78 Å². The Bertz CT molecular complexity index is 2840. The SMILES string of the molecule is Fc1ccccc1N(c1ccc(-c2ccc3ccc4c5c(ccc2c35)cc2c3ccccc3n(-c3ccccc3)c24)cc1)c1ccccc1F. The number of rotatable bonds is 5. The fourth-order valence-electron chi connectivity index (χ4n) is 7.89. The number of nitrogens with zero attached hydrogens (tertiary/aromatic N) is 2. The monoisotopic (exact) mass is 646 g/mol. The first-order chi connectivity index (χ1) is 24.7. The molecule has 9 aromatic carbocycles. The van der Waals surface area contributed by atoms with Crippen molar-refractivity contribution in [3.05, 3.63) is 181 Å². The Morgan fingerprint density at radius 2 is 1.04 bits per heavy atom. The highest BCUT2D eigenvalue weighted by Gasteiger charge is 2.21. The van der Waals surface area contributed by atoms with Crippen molar-refractivity contribution in [2.24, 2.45) is 0 Å². The summed E-state index contributed by atoms with van der Waals surface area (Å²) in [6.45, 7) is 0. The van der Waals surface area contributed by atoms with E-state index in [4.69, 9.17) is 0 Å². The summed E-state index contributed by atoms with van der Waals surface area (Å²) in [5, 5.41) is 9.72. The van der Waals surface area contributed by atoms with Crippen LogP contribution in [-0.2, 0) is 0 Å². The Morgan fingerprint density at radius 1 is 0.440 bits per heavy atom. The predicted molar refractivity (Wildman–Crippen MR) is 205 cm³/mol. The third-order valence-electron chi connectivity index (χ3n) is 10.1. The lowest BCUT2D eigenvalue weighted by Gasteiger charge is -2.26. The molecule has 2 nitrogen and oxygen atoms in total. The van der Waals surface area contributed by atoms with Crippen molar-refractivity contribution in [2.75, 3.05) is 4.90 Å². The molecule has 1 aromatic heterocycles. The first-order valence-electron chi connectivity index (χ1n) is 16.7. The van der Waals surface area contributed by atoms with Crippen LogP contribution in [0.25, 0.3) is 70.9 Å². The molecule has 0 aliphatic heterocycles. The summed E-state index contributed by atoms with van der Waals surface area (Å²) in [6, 6.07) is 55.9. The van der Waals surface area contributed by atoms with Gasteiger partial charge in [0.1, 0.15) is 11.6 Å². The topological polar surface area (TPSA) is 8.17 Å². The van der Waals surface area contributed by atoms with Crippen molar-refractivity contribution in [2.45, 2.75) is 0 Å². The van der Waals surface area contributed by atoms with Gasteiger partial charge in [0.2, 0.25) is 0 Å². The fraction of sp³-hybridized carbons (Fsp3) is 0. The Balaban J connectivity index is 1.18. The zero-order chi connectivity index (χ0) is 33.3. The number of aromatic nitrogens is 1. The molecule has 0 atom stereocenters. The zero-order valence-electron chi connectivity index (χ0n) is 26.8. The van der Waals surface area contributed by atoms with Crippen LogP contribution in [0.15, 0.2) is 170 Å². The van der Waals surface area contributed by atoms with Crippen molar-refractivity contribution in [3.63, 3.8) is 0 Å². The maximum atomic E-state index is 15.2. The molecule has 0 radical (unpaired) electrons. The van der Waals surface area contributed by atoms with Gasteiger partial charge < -0.3 is 9.47 Å². The molecule has 1 heterocycles. The predicted octanol–water partition coefficient (Wildman–Crippen LogP) is 13.1. The van der Waals surface area contributed by atoms with Gasteiger partial charge in [0, 0.05) is 27.5 Å². The van der Waals surface area contributed by atoms with Crippen LogP contribution < -0.4 is 4.90 Å². The molecular weight excluding hydrogens is 619 g/mol. The largest absolute Gasteiger partial charge is 0.309 e. The Hall–Kier alpha value is -6.52. The summed E-state index contributed by atoms with van der Waals surface area (Å²) >= 11 is 0. The van der Waals surface area contributed by atoms with E-state index in [1.807, 2.05) is 24.3 Å². The van der Waals surface area contributed by atoms with Crippen LogP contribution in [0.3, 0.4) is 0 Å². The second kappa shape index (κ2) is 11.0. The molecule has 50 heavy (non-hydrogen) atoms. The molecular formula is C46H28F2N2. The van der Waals surface area contributed by atoms with Gasteiger partial charge in [-0.05, 0) is 98.7 Å². The highest BCUT2D eigenvalue weighted by Crippen LogP contribution is 2.45. The van der Waals surface area contributed by atoms with E-state index in [1.54, 1.807) is 41.3 Å². The van der Waals surface area contributed by atoms with Crippen LogP contribution in [-0.4, -0.2) is 4.57 Å². The molecule has 0 aliphatic rings. The highest BCUT2D eigenvalue weighted by molar-refractivity contribution is 6.32. The lowest BCUT2D eigenvalue weighted by molar-refractivity contribution is 0.619. The van der Waals surface area contributed by atoms with Crippen molar-refractivity contribution in [1.82, 2.24) is 4.57 Å². The van der Waals surface area contributed by atoms with Gasteiger partial charge in [0.15, 0.2) is 0 Å². The van der Waals surface area contributed by atoms with Crippen LogP contribution in [0.5, 0.6) is 0 Å². The minimum Gasteiger partial charge on any atom is -0.309 e. The summed E-state index contributed by atoms with van der Waals surface area (Å²) in [7, 11) is 0. The van der Waals surface area contributed by atoms with E-state index in [9.17, 15) is 0 Å². The third-order valence-corrected chi connectivity index (χ3v) is 10.1. The molecule has 0 unspecified atom stereocenters. The van der Waals surface area contributed by atoms with E-state index in [-0.39, 0.29) is 11.4 Å². The first kappa shape index (κ1) is 28.5. The van der Waals surface area contributed by atoms with E-state index < -0.39 is 11.6 Å². The number of anilines is 3. The number of hydrogen-bond acceptors (Lipinski definition) is 1. The van der Waals surface area contributed by atoms with E-state index in [2.05, 4.69) is 102 Å². The van der Waals surface area contributed by atoms with Gasteiger partial charge in [-0.25, -0.2) is 8.78 Å². The lowest BCUT2D eigenvalue weighted by atomic mass is 9.89. The zero-order valence-corrected chi connectivity index (χ0v) is 26.8. The van der Waals surface area contributed by atoms with Gasteiger partial charge in [-0.15, -0.1) is 0 Å². The van der Waals surface area contributed by atoms with Gasteiger partial charge in [0.25, 0.3) is 0 Å². The van der Waals surface area contributed by atoms with Crippen LogP contribution in [0.4, 0.5) is 25.8 Å². The quantitative estimate of drug-likeness (QED) is 0.169. The molecule has 0 saturated heterocycles. The van der Waals surface area contributed by atoms with Crippen LogP contribution in [0.1, 0.15) is 0 Å². The van der Waals surface area contributed by atoms with Crippen LogP contribution in [0, 0.1) is 11.6 Å². The third kappa shape index (κ3) is 4.18. The number of fused-ring (bicyclic) bond motifs is 4. The molecule has 0 saturated carbocycles. The Morgan fingerprint density at radius 3 is 1.78 bits per heavy atom. The van der Waals surface area contributed by atoms with Gasteiger partial charge in [0.05, 0.1) is 22.4 Å². The second-order valence-electron chi connectivity index (χ2n) is 12.8. The van der Waals surface area contributed by atoms with Crippen molar-refractivity contribution in [3.8, 4) is 16.8 Å². The molecule has 236 valence electrons. The minimum absolute atomic E-state index is 0.285. The van der Waals surface area contributed by atoms with E-state index >= 15 is 8.78 Å². The summed E-state index contributed by atoms with van der Waals surface area (Å²) < 4.78 is 32.7. The summed E-state index contributed by atoms with van der Waals surface area (Å²) in [4.78, 5) is 1.63. The van der Waals surface area contributed by atoms with Gasteiger partial charge >= 0.3 is 0 Å². The average Bonchev–Trinajstić information content (AvgIpc) is 3.50. The molecule has 0 amide bonds. The van der Waals surface area contributed by atoms with Gasteiger partial charge in [-0.3, -0.25) is 0 Å². The van der Waals surface area contributed by atoms with E-state index in [0.717, 1.165) is 22.2 Å². The molecule has 10 aromatic rings. The van der Waals surface area contributed by atoms with Crippen LogP contribution in [0.2, 0.25) is 0 Å². The second-order valence-corrected chi connectivity index (χ2v) is 12.8. The van der Waals surface area contributed by atoms with Crippen LogP contribution >= 0.6 is 0 Å².